The zero-order chi connectivity index (χ0) is 9.26. The molecule has 2 rings (SSSR count). The first-order chi connectivity index (χ1) is 6.25. The summed E-state index contributed by atoms with van der Waals surface area (Å²) < 4.78 is 0. The maximum absolute atomic E-state index is 5.81. The van der Waals surface area contributed by atoms with E-state index < -0.39 is 0 Å². The highest BCUT2D eigenvalue weighted by atomic mass is 35.5. The first-order valence-electron chi connectivity index (χ1n) is 4.29. The van der Waals surface area contributed by atoms with Crippen molar-refractivity contribution in [2.75, 3.05) is 13.1 Å². The Bertz CT molecular complexity index is 288. The Morgan fingerprint density at radius 2 is 2.00 bits per heavy atom. The zero-order valence-electron chi connectivity index (χ0n) is 7.06. The van der Waals surface area contributed by atoms with Gasteiger partial charge in [-0.2, -0.15) is 0 Å². The van der Waals surface area contributed by atoms with Crippen LogP contribution < -0.4 is 5.32 Å². The van der Waals surface area contributed by atoms with Crippen molar-refractivity contribution in [3.05, 3.63) is 28.0 Å². The van der Waals surface area contributed by atoms with Crippen molar-refractivity contribution < 1.29 is 0 Å². The molecule has 0 radical (unpaired) electrons. The number of rotatable bonds is 1. The van der Waals surface area contributed by atoms with Gasteiger partial charge in [0.1, 0.15) is 10.3 Å². The average molecular weight is 217 g/mol. The van der Waals surface area contributed by atoms with Gasteiger partial charge in [0.25, 0.3) is 0 Å². The van der Waals surface area contributed by atoms with Gasteiger partial charge in [0.15, 0.2) is 0 Å². The summed E-state index contributed by atoms with van der Waals surface area (Å²) in [6.45, 7) is 2.08. The maximum Gasteiger partial charge on any atom is 0.131 e. The minimum Gasteiger partial charge on any atom is -0.316 e. The van der Waals surface area contributed by atoms with Crippen molar-refractivity contribution >= 4 is 23.2 Å². The molecule has 1 atom stereocenters. The van der Waals surface area contributed by atoms with Crippen LogP contribution in [0.3, 0.4) is 0 Å². The second-order valence-electron chi connectivity index (χ2n) is 3.24. The first kappa shape index (κ1) is 9.25. The van der Waals surface area contributed by atoms with E-state index in [9.17, 15) is 0 Å². The molecule has 1 N–H and O–H groups in total. The molecule has 2 nitrogen and oxygen atoms in total. The molecule has 4 heteroatoms. The fourth-order valence-corrected chi connectivity index (χ4v) is 2.14. The smallest absolute Gasteiger partial charge is 0.131 e. The van der Waals surface area contributed by atoms with Crippen molar-refractivity contribution in [2.45, 2.75) is 12.3 Å². The van der Waals surface area contributed by atoms with Gasteiger partial charge >= 0.3 is 0 Å². The van der Waals surface area contributed by atoms with Crippen molar-refractivity contribution in [3.63, 3.8) is 0 Å². The van der Waals surface area contributed by atoms with Crippen LogP contribution in [0.1, 0.15) is 17.9 Å². The van der Waals surface area contributed by atoms with Gasteiger partial charge in [0.05, 0.1) is 0 Å². The second kappa shape index (κ2) is 3.82. The van der Waals surface area contributed by atoms with Crippen LogP contribution in [0.2, 0.25) is 10.3 Å². The lowest BCUT2D eigenvalue weighted by atomic mass is 10.00. The first-order valence-corrected chi connectivity index (χ1v) is 5.05. The van der Waals surface area contributed by atoms with E-state index in [0.29, 0.717) is 16.2 Å². The molecule has 1 fully saturated rings. The lowest BCUT2D eigenvalue weighted by molar-refractivity contribution is 0.762. The van der Waals surface area contributed by atoms with Crippen LogP contribution in [0.5, 0.6) is 0 Å². The molecule has 1 aromatic rings. The molecule has 2 heterocycles. The highest BCUT2D eigenvalue weighted by molar-refractivity contribution is 6.32. The Morgan fingerprint density at radius 3 is 2.54 bits per heavy atom. The fourth-order valence-electron chi connectivity index (χ4n) is 1.66. The number of hydrogen-bond acceptors (Lipinski definition) is 2. The summed E-state index contributed by atoms with van der Waals surface area (Å²) in [5.41, 5.74) is 1.19. The molecule has 1 aliphatic heterocycles. The Hall–Kier alpha value is -0.310. The van der Waals surface area contributed by atoms with Crippen LogP contribution in [0.15, 0.2) is 12.1 Å². The second-order valence-corrected chi connectivity index (χ2v) is 4.01. The molecule has 1 aromatic heterocycles. The number of pyridine rings is 1. The van der Waals surface area contributed by atoms with Gasteiger partial charge < -0.3 is 5.32 Å². The molecule has 0 saturated carbocycles. The Labute approximate surface area is 87.3 Å². The van der Waals surface area contributed by atoms with E-state index in [1.165, 1.54) is 5.56 Å². The Balaban J connectivity index is 2.28. The predicted molar refractivity (Wildman–Crippen MR) is 54.5 cm³/mol. The third-order valence-corrected chi connectivity index (χ3v) is 2.70. The summed E-state index contributed by atoms with van der Waals surface area (Å²) in [5, 5.41) is 4.27. The Morgan fingerprint density at radius 1 is 1.31 bits per heavy atom. The average Bonchev–Trinajstić information content (AvgIpc) is 2.53. The van der Waals surface area contributed by atoms with Gasteiger partial charge in [-0.3, -0.25) is 0 Å². The van der Waals surface area contributed by atoms with Crippen molar-refractivity contribution in [1.29, 1.82) is 0 Å². The molecule has 1 aliphatic rings. The van der Waals surface area contributed by atoms with E-state index in [1.807, 2.05) is 12.1 Å². The van der Waals surface area contributed by atoms with Crippen LogP contribution in [-0.4, -0.2) is 18.1 Å². The van der Waals surface area contributed by atoms with Crippen molar-refractivity contribution in [3.8, 4) is 0 Å². The van der Waals surface area contributed by atoms with Gasteiger partial charge in [-0.25, -0.2) is 4.98 Å². The monoisotopic (exact) mass is 216 g/mol. The van der Waals surface area contributed by atoms with E-state index in [4.69, 9.17) is 23.2 Å². The summed E-state index contributed by atoms with van der Waals surface area (Å²) >= 11 is 11.6. The van der Waals surface area contributed by atoms with E-state index in [2.05, 4.69) is 10.3 Å². The maximum atomic E-state index is 5.81. The minimum atomic E-state index is 0.481. The van der Waals surface area contributed by atoms with Gasteiger partial charge in [0.2, 0.25) is 0 Å². The highest BCUT2D eigenvalue weighted by Crippen LogP contribution is 2.26. The third-order valence-electron chi connectivity index (χ3n) is 2.32. The summed E-state index contributed by atoms with van der Waals surface area (Å²) in [7, 11) is 0. The number of hydrogen-bond donors (Lipinski definition) is 1. The fraction of sp³-hybridized carbons (Fsp3) is 0.444. The molecule has 0 aliphatic carbocycles. The molecular formula is C9H10Cl2N2. The number of nitrogens with one attached hydrogen (secondary N) is 1. The van der Waals surface area contributed by atoms with Crippen LogP contribution >= 0.6 is 23.2 Å². The normalized spacial score (nSPS) is 22.2. The molecule has 0 amide bonds. The van der Waals surface area contributed by atoms with Crippen LogP contribution in [0, 0.1) is 0 Å². The van der Waals surface area contributed by atoms with Crippen LogP contribution in [0.4, 0.5) is 0 Å². The molecular weight excluding hydrogens is 207 g/mol. The molecule has 70 valence electrons. The van der Waals surface area contributed by atoms with Crippen LogP contribution in [0.25, 0.3) is 0 Å². The molecule has 0 aromatic carbocycles. The largest absolute Gasteiger partial charge is 0.316 e. The van der Waals surface area contributed by atoms with E-state index in [1.54, 1.807) is 0 Å². The molecule has 0 spiro atoms. The highest BCUT2D eigenvalue weighted by Gasteiger charge is 2.17. The molecule has 13 heavy (non-hydrogen) atoms. The SMILES string of the molecule is Clc1cc(C2CCNC2)cc(Cl)n1. The lowest BCUT2D eigenvalue weighted by Crippen LogP contribution is -2.08. The topological polar surface area (TPSA) is 24.9 Å². The van der Waals surface area contributed by atoms with Gasteiger partial charge in [-0.05, 0) is 36.6 Å². The van der Waals surface area contributed by atoms with Gasteiger partial charge in [-0.15, -0.1) is 0 Å². The molecule has 1 saturated heterocycles. The Kier molecular flexibility index (Phi) is 2.72. The minimum absolute atomic E-state index is 0.481. The van der Waals surface area contributed by atoms with E-state index >= 15 is 0 Å². The van der Waals surface area contributed by atoms with E-state index in [0.717, 1.165) is 19.5 Å². The van der Waals surface area contributed by atoms with Crippen molar-refractivity contribution in [2.24, 2.45) is 0 Å². The number of halogens is 2. The standard InChI is InChI=1S/C9H10Cl2N2/c10-8-3-7(4-9(11)13-8)6-1-2-12-5-6/h3-4,6,12H,1-2,5H2. The summed E-state index contributed by atoms with van der Waals surface area (Å²) in [5.74, 6) is 0.540. The van der Waals surface area contributed by atoms with Gasteiger partial charge in [-0.1, -0.05) is 23.2 Å². The number of nitrogens with zero attached hydrogens (tertiary/aromatic N) is 1. The zero-order valence-corrected chi connectivity index (χ0v) is 8.57. The summed E-state index contributed by atoms with van der Waals surface area (Å²) in [6, 6.07) is 3.79. The van der Waals surface area contributed by atoms with E-state index in [-0.39, 0.29) is 0 Å². The number of aromatic nitrogens is 1. The third kappa shape index (κ3) is 2.13. The van der Waals surface area contributed by atoms with Gasteiger partial charge in [0, 0.05) is 6.54 Å². The van der Waals surface area contributed by atoms with Crippen molar-refractivity contribution in [1.82, 2.24) is 10.3 Å². The summed E-state index contributed by atoms with van der Waals surface area (Å²) in [4.78, 5) is 3.92. The van der Waals surface area contributed by atoms with Crippen LogP contribution in [-0.2, 0) is 0 Å². The predicted octanol–water partition coefficient (Wildman–Crippen LogP) is 2.47. The summed E-state index contributed by atoms with van der Waals surface area (Å²) in [6.07, 6.45) is 1.15. The quantitative estimate of drug-likeness (QED) is 0.731. The molecule has 0 bridgehead atoms. The molecule has 1 unspecified atom stereocenters. The lowest BCUT2D eigenvalue weighted by Gasteiger charge is -2.08.